The predicted octanol–water partition coefficient (Wildman–Crippen LogP) is 2.97. The maximum absolute atomic E-state index is 12.2. The average molecular weight is 383 g/mol. The van der Waals surface area contributed by atoms with Crippen LogP contribution in [0, 0.1) is 0 Å². The SMILES string of the molecule is CN(C)C1CCC(Nc2c(S(C)(=O)=O)cnc3ccc(Cl)nc23)CC1. The fourth-order valence-corrected chi connectivity index (χ4v) is 4.30. The van der Waals surface area contributed by atoms with Gasteiger partial charge in [-0.2, -0.15) is 0 Å². The molecule has 0 aliphatic heterocycles. The molecule has 0 bridgehead atoms. The Labute approximate surface area is 153 Å². The summed E-state index contributed by atoms with van der Waals surface area (Å²) in [5.41, 5.74) is 1.65. The van der Waals surface area contributed by atoms with Gasteiger partial charge in [-0.25, -0.2) is 13.4 Å². The van der Waals surface area contributed by atoms with Crippen LogP contribution in [0.5, 0.6) is 0 Å². The number of hydrogen-bond donors (Lipinski definition) is 1. The Hall–Kier alpha value is -1.44. The van der Waals surface area contributed by atoms with E-state index in [0.29, 0.717) is 27.9 Å². The van der Waals surface area contributed by atoms with Crippen molar-refractivity contribution in [3.05, 3.63) is 23.5 Å². The summed E-state index contributed by atoms with van der Waals surface area (Å²) in [7, 11) is 0.770. The van der Waals surface area contributed by atoms with Crippen molar-refractivity contribution in [2.75, 3.05) is 25.7 Å². The van der Waals surface area contributed by atoms with Gasteiger partial charge in [0, 0.05) is 24.5 Å². The first-order valence-corrected chi connectivity index (χ1v) is 10.6. The maximum atomic E-state index is 12.2. The summed E-state index contributed by atoms with van der Waals surface area (Å²) in [6.07, 6.45) is 6.72. The van der Waals surface area contributed by atoms with Crippen molar-refractivity contribution in [2.45, 2.75) is 42.7 Å². The molecule has 0 spiro atoms. The van der Waals surface area contributed by atoms with Crippen LogP contribution in [-0.2, 0) is 9.84 Å². The van der Waals surface area contributed by atoms with Crippen LogP contribution in [0.2, 0.25) is 5.15 Å². The summed E-state index contributed by atoms with van der Waals surface area (Å²) in [4.78, 5) is 11.0. The average Bonchev–Trinajstić information content (AvgIpc) is 2.54. The van der Waals surface area contributed by atoms with Gasteiger partial charge in [0.05, 0.1) is 11.2 Å². The largest absolute Gasteiger partial charge is 0.379 e. The molecule has 0 unspecified atom stereocenters. The Bertz CT molecular complexity index is 878. The van der Waals surface area contributed by atoms with Crippen LogP contribution < -0.4 is 5.32 Å². The van der Waals surface area contributed by atoms with Gasteiger partial charge in [-0.3, -0.25) is 4.98 Å². The first-order valence-electron chi connectivity index (χ1n) is 8.34. The normalized spacial score (nSPS) is 21.6. The number of fused-ring (bicyclic) bond motifs is 1. The molecular formula is C17H23ClN4O2S. The van der Waals surface area contributed by atoms with E-state index < -0.39 is 9.84 Å². The summed E-state index contributed by atoms with van der Waals surface area (Å²) in [6.45, 7) is 0. The number of nitrogens with one attached hydrogen (secondary N) is 1. The number of aromatic nitrogens is 2. The summed E-state index contributed by atoms with van der Waals surface area (Å²) in [5.74, 6) is 0. The van der Waals surface area contributed by atoms with E-state index in [-0.39, 0.29) is 10.9 Å². The molecule has 25 heavy (non-hydrogen) atoms. The van der Waals surface area contributed by atoms with Crippen molar-refractivity contribution in [3.63, 3.8) is 0 Å². The minimum Gasteiger partial charge on any atom is -0.379 e. The molecule has 2 aromatic rings. The van der Waals surface area contributed by atoms with Crippen molar-refractivity contribution in [3.8, 4) is 0 Å². The van der Waals surface area contributed by atoms with Crippen molar-refractivity contribution in [1.82, 2.24) is 14.9 Å². The Kier molecular flexibility index (Phi) is 5.18. The number of anilines is 1. The zero-order valence-electron chi connectivity index (χ0n) is 14.7. The molecule has 6 nitrogen and oxygen atoms in total. The van der Waals surface area contributed by atoms with Gasteiger partial charge in [-0.1, -0.05) is 11.6 Å². The van der Waals surface area contributed by atoms with Gasteiger partial charge in [0.1, 0.15) is 15.6 Å². The molecule has 1 aliphatic rings. The van der Waals surface area contributed by atoms with E-state index in [2.05, 4.69) is 34.3 Å². The molecule has 1 saturated carbocycles. The third kappa shape index (κ3) is 4.04. The van der Waals surface area contributed by atoms with Gasteiger partial charge >= 0.3 is 0 Å². The summed E-state index contributed by atoms with van der Waals surface area (Å²) in [5, 5.41) is 3.75. The minimum absolute atomic E-state index is 0.171. The van der Waals surface area contributed by atoms with Crippen LogP contribution >= 0.6 is 11.6 Å². The Morgan fingerprint density at radius 2 is 1.88 bits per heavy atom. The molecule has 3 rings (SSSR count). The molecule has 0 aromatic carbocycles. The lowest BCUT2D eigenvalue weighted by Crippen LogP contribution is -2.36. The van der Waals surface area contributed by atoms with E-state index in [1.165, 1.54) is 12.5 Å². The van der Waals surface area contributed by atoms with Crippen molar-refractivity contribution in [1.29, 1.82) is 0 Å². The quantitative estimate of drug-likeness (QED) is 0.819. The maximum Gasteiger partial charge on any atom is 0.179 e. The first kappa shape index (κ1) is 18.4. The number of halogens is 1. The van der Waals surface area contributed by atoms with E-state index >= 15 is 0 Å². The zero-order chi connectivity index (χ0) is 18.2. The molecule has 1 N–H and O–H groups in total. The van der Waals surface area contributed by atoms with Crippen LogP contribution in [0.3, 0.4) is 0 Å². The highest BCUT2D eigenvalue weighted by atomic mass is 35.5. The van der Waals surface area contributed by atoms with Gasteiger partial charge < -0.3 is 10.2 Å². The van der Waals surface area contributed by atoms with E-state index in [1.54, 1.807) is 12.1 Å². The van der Waals surface area contributed by atoms with E-state index in [0.717, 1.165) is 25.7 Å². The summed E-state index contributed by atoms with van der Waals surface area (Å²) in [6, 6.07) is 4.20. The molecule has 1 fully saturated rings. The fraction of sp³-hybridized carbons (Fsp3) is 0.529. The molecule has 0 saturated heterocycles. The number of pyridine rings is 2. The van der Waals surface area contributed by atoms with Crippen LogP contribution in [0.1, 0.15) is 25.7 Å². The molecule has 0 atom stereocenters. The Morgan fingerprint density at radius 1 is 1.20 bits per heavy atom. The van der Waals surface area contributed by atoms with Crippen LogP contribution in [0.4, 0.5) is 5.69 Å². The second-order valence-corrected chi connectivity index (χ2v) is 9.26. The van der Waals surface area contributed by atoms with Gasteiger partial charge in [0.15, 0.2) is 9.84 Å². The zero-order valence-corrected chi connectivity index (χ0v) is 16.2. The lowest BCUT2D eigenvalue weighted by Gasteiger charge is -2.33. The smallest absolute Gasteiger partial charge is 0.179 e. The van der Waals surface area contributed by atoms with E-state index in [4.69, 9.17) is 11.6 Å². The predicted molar refractivity (Wildman–Crippen MR) is 101 cm³/mol. The lowest BCUT2D eigenvalue weighted by atomic mass is 9.90. The molecule has 8 heteroatoms. The lowest BCUT2D eigenvalue weighted by molar-refractivity contribution is 0.221. The number of sulfone groups is 1. The second-order valence-electron chi connectivity index (χ2n) is 6.88. The second kappa shape index (κ2) is 7.05. The fourth-order valence-electron chi connectivity index (χ4n) is 3.39. The Morgan fingerprint density at radius 3 is 2.48 bits per heavy atom. The highest BCUT2D eigenvalue weighted by Gasteiger charge is 2.25. The highest BCUT2D eigenvalue weighted by molar-refractivity contribution is 7.90. The third-order valence-corrected chi connectivity index (χ3v) is 6.14. The molecular weight excluding hydrogens is 360 g/mol. The Balaban J connectivity index is 1.98. The first-order chi connectivity index (χ1) is 11.8. The molecule has 2 aromatic heterocycles. The minimum atomic E-state index is -3.43. The molecule has 0 radical (unpaired) electrons. The van der Waals surface area contributed by atoms with Gasteiger partial charge in [0.25, 0.3) is 0 Å². The van der Waals surface area contributed by atoms with Crippen LogP contribution in [-0.4, -0.2) is 55.7 Å². The molecule has 0 amide bonds. The van der Waals surface area contributed by atoms with Crippen molar-refractivity contribution >= 4 is 38.2 Å². The number of hydrogen-bond acceptors (Lipinski definition) is 6. The standard InChI is InChI=1S/C17H23ClN4O2S/c1-22(2)12-6-4-11(5-7-12)20-17-14(25(3,23)24)10-19-13-8-9-15(18)21-16(13)17/h8-12H,4-7H2,1-3H3,(H,19,20). The van der Waals surface area contributed by atoms with Crippen LogP contribution in [0.25, 0.3) is 11.0 Å². The van der Waals surface area contributed by atoms with Gasteiger partial charge in [0.2, 0.25) is 0 Å². The highest BCUT2D eigenvalue weighted by Crippen LogP contribution is 2.32. The third-order valence-electron chi connectivity index (χ3n) is 4.82. The van der Waals surface area contributed by atoms with E-state index in [1.807, 2.05) is 0 Å². The molecule has 2 heterocycles. The monoisotopic (exact) mass is 382 g/mol. The number of nitrogens with zero attached hydrogens (tertiary/aromatic N) is 3. The summed E-state index contributed by atoms with van der Waals surface area (Å²) >= 11 is 6.03. The van der Waals surface area contributed by atoms with Crippen LogP contribution in [0.15, 0.2) is 23.2 Å². The van der Waals surface area contributed by atoms with E-state index in [9.17, 15) is 8.42 Å². The van der Waals surface area contributed by atoms with Crippen molar-refractivity contribution < 1.29 is 8.42 Å². The van der Waals surface area contributed by atoms with Crippen molar-refractivity contribution in [2.24, 2.45) is 0 Å². The topological polar surface area (TPSA) is 75.2 Å². The number of rotatable bonds is 4. The molecule has 1 aliphatic carbocycles. The van der Waals surface area contributed by atoms with Gasteiger partial charge in [-0.05, 0) is 51.9 Å². The van der Waals surface area contributed by atoms with Gasteiger partial charge in [-0.15, -0.1) is 0 Å². The molecule has 136 valence electrons. The summed E-state index contributed by atoms with van der Waals surface area (Å²) < 4.78 is 24.4.